The van der Waals surface area contributed by atoms with Crippen LogP contribution in [0.1, 0.15) is 26.2 Å². The molecule has 150 valence electrons. The number of nitrogens with zero attached hydrogens (tertiary/aromatic N) is 2. The molecule has 2 N–H and O–H groups in total. The molecule has 27 heavy (non-hydrogen) atoms. The number of ether oxygens (including phenoxy) is 2. The Bertz CT molecular complexity index is 623. The number of rotatable bonds is 7. The van der Waals surface area contributed by atoms with Gasteiger partial charge in [-0.3, -0.25) is 4.99 Å². The Balaban J connectivity index is 1.58. The molecule has 3 rings (SSSR count). The molecule has 8 heteroatoms. The van der Waals surface area contributed by atoms with Crippen molar-refractivity contribution in [2.75, 3.05) is 37.7 Å². The highest BCUT2D eigenvalue weighted by atomic mass is 19.3. The summed E-state index contributed by atoms with van der Waals surface area (Å²) in [4.78, 5) is 6.71. The van der Waals surface area contributed by atoms with Gasteiger partial charge >= 0.3 is 6.61 Å². The van der Waals surface area contributed by atoms with E-state index in [2.05, 4.69) is 25.3 Å². The largest absolute Gasteiger partial charge is 0.433 e. The lowest BCUT2D eigenvalue weighted by atomic mass is 10.2. The predicted octanol–water partition coefficient (Wildman–Crippen LogP) is 2.60. The van der Waals surface area contributed by atoms with E-state index < -0.39 is 6.61 Å². The smallest absolute Gasteiger partial charge is 0.387 e. The van der Waals surface area contributed by atoms with Crippen molar-refractivity contribution in [1.29, 1.82) is 0 Å². The first kappa shape index (κ1) is 19.7. The molecule has 6 nitrogen and oxygen atoms in total. The number of benzene rings is 1. The third-order valence-corrected chi connectivity index (χ3v) is 4.77. The summed E-state index contributed by atoms with van der Waals surface area (Å²) >= 11 is 0. The molecule has 0 spiro atoms. The minimum atomic E-state index is -2.83. The standard InChI is InChI=1S/C19H28F2N4O2/c1-2-22-19(23-12-15-6-5-11-26-15)24-14-9-10-25(13-14)16-7-3-4-8-17(16)27-18(20)21/h3-4,7-8,14-15,18H,2,5-6,9-13H2,1H3,(H2,22,23,24). The molecule has 2 aliphatic heterocycles. The van der Waals surface area contributed by atoms with E-state index >= 15 is 0 Å². The second kappa shape index (κ2) is 9.73. The van der Waals surface area contributed by atoms with Gasteiger partial charge in [-0.1, -0.05) is 12.1 Å². The number of para-hydroxylation sites is 2. The summed E-state index contributed by atoms with van der Waals surface area (Å²) < 4.78 is 35.6. The van der Waals surface area contributed by atoms with Crippen molar-refractivity contribution in [2.45, 2.75) is 44.9 Å². The first-order valence-corrected chi connectivity index (χ1v) is 9.61. The molecular weight excluding hydrogens is 354 g/mol. The molecule has 0 aliphatic carbocycles. The van der Waals surface area contributed by atoms with Crippen LogP contribution >= 0.6 is 0 Å². The van der Waals surface area contributed by atoms with Crippen LogP contribution in [0.25, 0.3) is 0 Å². The van der Waals surface area contributed by atoms with Gasteiger partial charge < -0.3 is 25.0 Å². The Morgan fingerprint density at radius 2 is 2.22 bits per heavy atom. The van der Waals surface area contributed by atoms with Gasteiger partial charge in [0.05, 0.1) is 18.3 Å². The summed E-state index contributed by atoms with van der Waals surface area (Å²) in [5.74, 6) is 0.990. The molecule has 0 radical (unpaired) electrons. The van der Waals surface area contributed by atoms with Gasteiger partial charge in [-0.2, -0.15) is 8.78 Å². The Morgan fingerprint density at radius 1 is 1.37 bits per heavy atom. The average Bonchev–Trinajstić information content (AvgIpc) is 3.32. The summed E-state index contributed by atoms with van der Waals surface area (Å²) in [5, 5.41) is 6.72. The van der Waals surface area contributed by atoms with Gasteiger partial charge in [0.2, 0.25) is 0 Å². The van der Waals surface area contributed by atoms with Gasteiger partial charge in [0.25, 0.3) is 0 Å². The first-order chi connectivity index (χ1) is 13.2. The summed E-state index contributed by atoms with van der Waals surface area (Å²) in [6.07, 6.45) is 3.26. The molecule has 0 amide bonds. The number of halogens is 2. The molecule has 2 heterocycles. The quantitative estimate of drug-likeness (QED) is 0.561. The van der Waals surface area contributed by atoms with E-state index in [9.17, 15) is 8.78 Å². The third-order valence-electron chi connectivity index (χ3n) is 4.77. The molecule has 2 atom stereocenters. The zero-order chi connectivity index (χ0) is 19.1. The fourth-order valence-electron chi connectivity index (χ4n) is 3.51. The molecule has 0 saturated carbocycles. The maximum absolute atomic E-state index is 12.6. The van der Waals surface area contributed by atoms with Crippen molar-refractivity contribution >= 4 is 11.6 Å². The second-order valence-corrected chi connectivity index (χ2v) is 6.78. The van der Waals surface area contributed by atoms with Crippen LogP contribution in [0.4, 0.5) is 14.5 Å². The fraction of sp³-hybridized carbons (Fsp3) is 0.632. The molecule has 0 aromatic heterocycles. The second-order valence-electron chi connectivity index (χ2n) is 6.78. The van der Waals surface area contributed by atoms with Crippen molar-refractivity contribution in [3.05, 3.63) is 24.3 Å². The summed E-state index contributed by atoms with van der Waals surface area (Å²) in [6.45, 7) is 2.92. The molecule has 1 aromatic rings. The molecule has 2 aliphatic rings. The van der Waals surface area contributed by atoms with Crippen molar-refractivity contribution in [3.8, 4) is 5.75 Å². The van der Waals surface area contributed by atoms with E-state index in [4.69, 9.17) is 4.74 Å². The minimum absolute atomic E-state index is 0.187. The highest BCUT2D eigenvalue weighted by Crippen LogP contribution is 2.31. The highest BCUT2D eigenvalue weighted by molar-refractivity contribution is 5.80. The number of nitrogens with one attached hydrogen (secondary N) is 2. The van der Waals surface area contributed by atoms with Gasteiger partial charge in [-0.15, -0.1) is 0 Å². The zero-order valence-electron chi connectivity index (χ0n) is 15.7. The maximum Gasteiger partial charge on any atom is 0.387 e. The number of aliphatic imine (C=N–C) groups is 1. The van der Waals surface area contributed by atoms with Crippen molar-refractivity contribution in [1.82, 2.24) is 10.6 Å². The van der Waals surface area contributed by atoms with Crippen LogP contribution in [-0.4, -0.2) is 57.5 Å². The van der Waals surface area contributed by atoms with Crippen LogP contribution in [-0.2, 0) is 4.74 Å². The van der Waals surface area contributed by atoms with Crippen LogP contribution in [0.15, 0.2) is 29.3 Å². The lowest BCUT2D eigenvalue weighted by Gasteiger charge is -2.22. The van der Waals surface area contributed by atoms with Crippen LogP contribution in [0.5, 0.6) is 5.75 Å². The lowest BCUT2D eigenvalue weighted by Crippen LogP contribution is -2.45. The molecule has 0 bridgehead atoms. The number of alkyl halides is 2. The van der Waals surface area contributed by atoms with E-state index in [1.54, 1.807) is 12.1 Å². The zero-order valence-corrected chi connectivity index (χ0v) is 15.7. The average molecular weight is 382 g/mol. The van der Waals surface area contributed by atoms with E-state index in [-0.39, 0.29) is 17.9 Å². The van der Waals surface area contributed by atoms with Crippen LogP contribution in [0, 0.1) is 0 Å². The van der Waals surface area contributed by atoms with Crippen molar-refractivity contribution < 1.29 is 18.3 Å². The first-order valence-electron chi connectivity index (χ1n) is 9.61. The molecule has 2 unspecified atom stereocenters. The van der Waals surface area contributed by atoms with Gasteiger partial charge in [-0.25, -0.2) is 0 Å². The van der Waals surface area contributed by atoms with E-state index in [0.29, 0.717) is 18.8 Å². The van der Waals surface area contributed by atoms with Crippen LogP contribution < -0.4 is 20.3 Å². The Kier molecular flexibility index (Phi) is 7.09. The number of hydrogen-bond acceptors (Lipinski definition) is 4. The Labute approximate surface area is 158 Å². The third kappa shape index (κ3) is 5.69. The monoisotopic (exact) mass is 382 g/mol. The van der Waals surface area contributed by atoms with Gasteiger partial charge in [0, 0.05) is 32.3 Å². The number of hydrogen-bond donors (Lipinski definition) is 2. The summed E-state index contributed by atoms with van der Waals surface area (Å²) in [6, 6.07) is 7.12. The molecular formula is C19H28F2N4O2. The number of anilines is 1. The van der Waals surface area contributed by atoms with E-state index in [1.807, 2.05) is 19.1 Å². The molecule has 2 fully saturated rings. The Hall–Kier alpha value is -2.09. The summed E-state index contributed by atoms with van der Waals surface area (Å²) in [7, 11) is 0. The normalized spacial score (nSPS) is 23.1. The SMILES string of the molecule is CCNC(=NCC1CCCO1)NC1CCN(c2ccccc2OC(F)F)C1. The number of guanidine groups is 1. The van der Waals surface area contributed by atoms with Crippen molar-refractivity contribution in [2.24, 2.45) is 4.99 Å². The maximum atomic E-state index is 12.6. The molecule has 1 aromatic carbocycles. The van der Waals surface area contributed by atoms with Crippen LogP contribution in [0.3, 0.4) is 0 Å². The topological polar surface area (TPSA) is 58.1 Å². The van der Waals surface area contributed by atoms with Crippen molar-refractivity contribution in [3.63, 3.8) is 0 Å². The van der Waals surface area contributed by atoms with Gasteiger partial charge in [-0.05, 0) is 38.3 Å². The van der Waals surface area contributed by atoms with Gasteiger partial charge in [0.1, 0.15) is 5.75 Å². The highest BCUT2D eigenvalue weighted by Gasteiger charge is 2.26. The van der Waals surface area contributed by atoms with E-state index in [0.717, 1.165) is 44.9 Å². The molecule has 2 saturated heterocycles. The van der Waals surface area contributed by atoms with Crippen LogP contribution in [0.2, 0.25) is 0 Å². The van der Waals surface area contributed by atoms with E-state index in [1.165, 1.54) is 0 Å². The lowest BCUT2D eigenvalue weighted by molar-refractivity contribution is -0.0495. The fourth-order valence-corrected chi connectivity index (χ4v) is 3.51. The predicted molar refractivity (Wildman–Crippen MR) is 102 cm³/mol. The summed E-state index contributed by atoms with van der Waals surface area (Å²) in [5.41, 5.74) is 0.698. The van der Waals surface area contributed by atoms with Gasteiger partial charge in [0.15, 0.2) is 5.96 Å². The minimum Gasteiger partial charge on any atom is -0.433 e. The Morgan fingerprint density at radius 3 is 2.96 bits per heavy atom.